The van der Waals surface area contributed by atoms with E-state index in [1.54, 1.807) is 24.3 Å². The SMILES string of the molecule is N#CC(C#N)=Cc1[nH]c2ccccc2c1O. The first-order chi connectivity index (χ1) is 7.76. The molecule has 0 fully saturated rings. The average Bonchev–Trinajstić information content (AvgIpc) is 2.64. The summed E-state index contributed by atoms with van der Waals surface area (Å²) >= 11 is 0. The number of rotatable bonds is 1. The quantitative estimate of drug-likeness (QED) is 0.707. The molecule has 76 valence electrons. The molecule has 4 nitrogen and oxygen atoms in total. The van der Waals surface area contributed by atoms with Crippen LogP contribution < -0.4 is 0 Å². The van der Waals surface area contributed by atoms with Gasteiger partial charge in [-0.3, -0.25) is 0 Å². The average molecular weight is 209 g/mol. The van der Waals surface area contributed by atoms with E-state index in [2.05, 4.69) is 4.98 Å². The van der Waals surface area contributed by atoms with E-state index in [-0.39, 0.29) is 11.3 Å². The zero-order valence-corrected chi connectivity index (χ0v) is 8.23. The van der Waals surface area contributed by atoms with Gasteiger partial charge in [0.05, 0.1) is 5.69 Å². The van der Waals surface area contributed by atoms with Gasteiger partial charge in [0.2, 0.25) is 0 Å². The number of aromatic hydroxyl groups is 1. The fourth-order valence-electron chi connectivity index (χ4n) is 1.49. The van der Waals surface area contributed by atoms with Crippen LogP contribution in [0.15, 0.2) is 29.8 Å². The molecule has 2 aromatic rings. The summed E-state index contributed by atoms with van der Waals surface area (Å²) in [5.74, 6) is 0.0543. The van der Waals surface area contributed by atoms with Crippen molar-refractivity contribution in [3.63, 3.8) is 0 Å². The summed E-state index contributed by atoms with van der Waals surface area (Å²) in [6.45, 7) is 0. The Hall–Kier alpha value is -2.72. The first-order valence-corrected chi connectivity index (χ1v) is 4.58. The monoisotopic (exact) mass is 209 g/mol. The number of benzene rings is 1. The van der Waals surface area contributed by atoms with Gasteiger partial charge in [0.1, 0.15) is 23.5 Å². The van der Waals surface area contributed by atoms with E-state index in [1.807, 2.05) is 12.1 Å². The molecule has 0 unspecified atom stereocenters. The van der Waals surface area contributed by atoms with Crippen LogP contribution in [0, 0.1) is 22.7 Å². The van der Waals surface area contributed by atoms with Crippen LogP contribution in [0.1, 0.15) is 5.69 Å². The molecule has 1 aromatic heterocycles. The van der Waals surface area contributed by atoms with Crippen molar-refractivity contribution in [3.8, 4) is 17.9 Å². The number of nitrogens with zero attached hydrogens (tertiary/aromatic N) is 2. The highest BCUT2D eigenvalue weighted by Crippen LogP contribution is 2.29. The highest BCUT2D eigenvalue weighted by Gasteiger charge is 2.08. The molecule has 0 saturated carbocycles. The van der Waals surface area contributed by atoms with Crippen molar-refractivity contribution in [2.24, 2.45) is 0 Å². The minimum atomic E-state index is -0.0538. The van der Waals surface area contributed by atoms with E-state index in [9.17, 15) is 5.11 Å². The molecular weight excluding hydrogens is 202 g/mol. The number of aromatic nitrogens is 1. The van der Waals surface area contributed by atoms with Gasteiger partial charge in [-0.25, -0.2) is 0 Å². The number of para-hydroxylation sites is 1. The largest absolute Gasteiger partial charge is 0.505 e. The normalized spacial score (nSPS) is 9.38. The summed E-state index contributed by atoms with van der Waals surface area (Å²) in [5, 5.41) is 27.7. The molecular formula is C12H7N3O. The van der Waals surface area contributed by atoms with Crippen molar-refractivity contribution in [2.75, 3.05) is 0 Å². The van der Waals surface area contributed by atoms with Crippen LogP contribution in [0.25, 0.3) is 17.0 Å². The maximum atomic E-state index is 9.83. The van der Waals surface area contributed by atoms with Crippen LogP contribution in [0.2, 0.25) is 0 Å². The number of hydrogen-bond donors (Lipinski definition) is 2. The lowest BCUT2D eigenvalue weighted by atomic mass is 10.2. The molecule has 0 atom stereocenters. The van der Waals surface area contributed by atoms with Crippen molar-refractivity contribution in [1.82, 2.24) is 4.98 Å². The van der Waals surface area contributed by atoms with Gasteiger partial charge >= 0.3 is 0 Å². The van der Waals surface area contributed by atoms with E-state index < -0.39 is 0 Å². The maximum Gasteiger partial charge on any atom is 0.148 e. The van der Waals surface area contributed by atoms with Crippen LogP contribution in [0.5, 0.6) is 5.75 Å². The summed E-state index contributed by atoms with van der Waals surface area (Å²) in [7, 11) is 0. The zero-order valence-electron chi connectivity index (χ0n) is 8.23. The third-order valence-electron chi connectivity index (χ3n) is 2.24. The lowest BCUT2D eigenvalue weighted by Gasteiger charge is -1.89. The van der Waals surface area contributed by atoms with Gasteiger partial charge < -0.3 is 10.1 Å². The lowest BCUT2D eigenvalue weighted by molar-refractivity contribution is 0.480. The highest BCUT2D eigenvalue weighted by molar-refractivity contribution is 5.90. The van der Waals surface area contributed by atoms with Gasteiger partial charge in [0.25, 0.3) is 0 Å². The van der Waals surface area contributed by atoms with Gasteiger partial charge in [-0.1, -0.05) is 12.1 Å². The smallest absolute Gasteiger partial charge is 0.148 e. The first-order valence-electron chi connectivity index (χ1n) is 4.58. The molecule has 4 heteroatoms. The summed E-state index contributed by atoms with van der Waals surface area (Å²) in [5.41, 5.74) is 1.09. The molecule has 0 bridgehead atoms. The Bertz CT molecular complexity index is 637. The molecule has 1 aromatic carbocycles. The van der Waals surface area contributed by atoms with E-state index in [4.69, 9.17) is 10.5 Å². The molecule has 2 rings (SSSR count). The first kappa shape index (κ1) is 9.82. The summed E-state index contributed by atoms with van der Waals surface area (Å²) in [4.78, 5) is 2.93. The molecule has 0 amide bonds. The van der Waals surface area contributed by atoms with Crippen LogP contribution in [-0.2, 0) is 0 Å². The summed E-state index contributed by atoms with van der Waals surface area (Å²) < 4.78 is 0. The summed E-state index contributed by atoms with van der Waals surface area (Å²) in [6.07, 6.45) is 1.33. The number of hydrogen-bond acceptors (Lipinski definition) is 3. The Kier molecular flexibility index (Phi) is 2.33. The number of aromatic amines is 1. The molecule has 2 N–H and O–H groups in total. The molecule has 1 heterocycles. The molecule has 0 aliphatic rings. The third kappa shape index (κ3) is 1.49. The third-order valence-corrected chi connectivity index (χ3v) is 2.24. The van der Waals surface area contributed by atoms with Crippen molar-refractivity contribution in [3.05, 3.63) is 35.5 Å². The zero-order chi connectivity index (χ0) is 11.5. The van der Waals surface area contributed by atoms with E-state index in [0.29, 0.717) is 11.1 Å². The number of allylic oxidation sites excluding steroid dienone is 1. The fraction of sp³-hybridized carbons (Fsp3) is 0. The standard InChI is InChI=1S/C12H7N3O/c13-6-8(7-14)5-11-12(16)9-3-1-2-4-10(9)15-11/h1-5,15-16H. The van der Waals surface area contributed by atoms with E-state index >= 15 is 0 Å². The van der Waals surface area contributed by atoms with Gasteiger partial charge in [-0.2, -0.15) is 10.5 Å². The Morgan fingerprint density at radius 2 is 1.94 bits per heavy atom. The second-order valence-corrected chi connectivity index (χ2v) is 3.21. The molecule has 0 aliphatic carbocycles. The number of H-pyrrole nitrogens is 1. The lowest BCUT2D eigenvalue weighted by Crippen LogP contribution is -1.75. The molecule has 0 saturated heterocycles. The Balaban J connectivity index is 2.65. The predicted octanol–water partition coefficient (Wildman–Crippen LogP) is 2.30. The molecule has 0 aliphatic heterocycles. The van der Waals surface area contributed by atoms with Gasteiger partial charge in [0, 0.05) is 10.9 Å². The van der Waals surface area contributed by atoms with E-state index in [1.165, 1.54) is 6.08 Å². The van der Waals surface area contributed by atoms with Crippen LogP contribution >= 0.6 is 0 Å². The van der Waals surface area contributed by atoms with Gasteiger partial charge in [-0.05, 0) is 18.2 Å². The molecule has 0 spiro atoms. The minimum Gasteiger partial charge on any atom is -0.505 e. The van der Waals surface area contributed by atoms with Gasteiger partial charge in [0.15, 0.2) is 0 Å². The van der Waals surface area contributed by atoms with Gasteiger partial charge in [-0.15, -0.1) is 0 Å². The van der Waals surface area contributed by atoms with Crippen molar-refractivity contribution in [2.45, 2.75) is 0 Å². The summed E-state index contributed by atoms with van der Waals surface area (Å²) in [6, 6.07) is 10.7. The Morgan fingerprint density at radius 3 is 2.56 bits per heavy atom. The minimum absolute atomic E-state index is 0.0538. The molecule has 0 radical (unpaired) electrons. The highest BCUT2D eigenvalue weighted by atomic mass is 16.3. The van der Waals surface area contributed by atoms with Crippen molar-refractivity contribution >= 4 is 17.0 Å². The number of nitriles is 2. The number of nitrogens with one attached hydrogen (secondary N) is 1. The Labute approximate surface area is 91.7 Å². The second-order valence-electron chi connectivity index (χ2n) is 3.21. The Morgan fingerprint density at radius 1 is 1.25 bits per heavy atom. The van der Waals surface area contributed by atoms with Crippen molar-refractivity contribution in [1.29, 1.82) is 10.5 Å². The molecule has 16 heavy (non-hydrogen) atoms. The van der Waals surface area contributed by atoms with Crippen molar-refractivity contribution < 1.29 is 5.11 Å². The number of fused-ring (bicyclic) bond motifs is 1. The van der Waals surface area contributed by atoms with Crippen LogP contribution in [-0.4, -0.2) is 10.1 Å². The predicted molar refractivity (Wildman–Crippen MR) is 59.2 cm³/mol. The van der Waals surface area contributed by atoms with E-state index in [0.717, 1.165) is 5.52 Å². The maximum absolute atomic E-state index is 9.83. The second kappa shape index (κ2) is 3.80. The van der Waals surface area contributed by atoms with Crippen LogP contribution in [0.3, 0.4) is 0 Å². The van der Waals surface area contributed by atoms with Crippen LogP contribution in [0.4, 0.5) is 0 Å². The topological polar surface area (TPSA) is 83.6 Å². The fourth-order valence-corrected chi connectivity index (χ4v) is 1.49.